The van der Waals surface area contributed by atoms with Crippen molar-refractivity contribution in [3.8, 4) is 0 Å². The van der Waals surface area contributed by atoms with Crippen LogP contribution in [0.25, 0.3) is 0 Å². The molecule has 0 bridgehead atoms. The number of piperidine rings is 1. The Bertz CT molecular complexity index is 836. The number of carbonyl (C=O) groups excluding carboxylic acids is 1. The largest absolute Gasteiger partial charge is 0.376 e. The highest BCUT2D eigenvalue weighted by Gasteiger charge is 2.25. The molecule has 1 fully saturated rings. The SMILES string of the molecule is CCn1nc(CN2CCCC(NC(=O)NCCc3ccccc3)C2)c2c1CCOC2. The lowest BCUT2D eigenvalue weighted by Gasteiger charge is -2.33. The van der Waals surface area contributed by atoms with Gasteiger partial charge in [0, 0.05) is 49.9 Å². The normalized spacial score (nSPS) is 19.3. The van der Waals surface area contributed by atoms with Crippen molar-refractivity contribution < 1.29 is 9.53 Å². The highest BCUT2D eigenvalue weighted by Crippen LogP contribution is 2.23. The van der Waals surface area contributed by atoms with E-state index < -0.39 is 0 Å². The molecular weight excluding hydrogens is 378 g/mol. The second-order valence-corrected chi connectivity index (χ2v) is 8.20. The molecule has 0 aliphatic carbocycles. The third-order valence-electron chi connectivity index (χ3n) is 6.03. The van der Waals surface area contributed by atoms with Crippen molar-refractivity contribution in [2.75, 3.05) is 26.2 Å². The molecule has 2 N–H and O–H groups in total. The van der Waals surface area contributed by atoms with Crippen molar-refractivity contribution in [3.05, 3.63) is 52.8 Å². The van der Waals surface area contributed by atoms with Crippen molar-refractivity contribution >= 4 is 6.03 Å². The Morgan fingerprint density at radius 3 is 3.00 bits per heavy atom. The van der Waals surface area contributed by atoms with E-state index in [1.165, 1.54) is 16.8 Å². The number of hydrogen-bond acceptors (Lipinski definition) is 4. The third-order valence-corrected chi connectivity index (χ3v) is 6.03. The van der Waals surface area contributed by atoms with E-state index in [2.05, 4.69) is 39.3 Å². The van der Waals surface area contributed by atoms with Crippen LogP contribution in [0, 0.1) is 0 Å². The number of carbonyl (C=O) groups is 1. The van der Waals surface area contributed by atoms with Crippen LogP contribution in [0.3, 0.4) is 0 Å². The van der Waals surface area contributed by atoms with E-state index in [1.807, 2.05) is 18.2 Å². The highest BCUT2D eigenvalue weighted by atomic mass is 16.5. The third kappa shape index (κ3) is 5.21. The summed E-state index contributed by atoms with van der Waals surface area (Å²) in [6, 6.07) is 10.3. The fourth-order valence-electron chi connectivity index (χ4n) is 4.50. The van der Waals surface area contributed by atoms with E-state index in [4.69, 9.17) is 9.84 Å². The van der Waals surface area contributed by atoms with Crippen LogP contribution in [0.15, 0.2) is 30.3 Å². The molecule has 0 saturated carbocycles. The zero-order chi connectivity index (χ0) is 20.8. The molecule has 2 aliphatic heterocycles. The molecule has 1 saturated heterocycles. The van der Waals surface area contributed by atoms with Crippen molar-refractivity contribution in [2.45, 2.75) is 58.3 Å². The van der Waals surface area contributed by atoms with Gasteiger partial charge in [-0.05, 0) is 38.3 Å². The van der Waals surface area contributed by atoms with Crippen molar-refractivity contribution in [1.29, 1.82) is 0 Å². The molecule has 3 heterocycles. The molecule has 0 spiro atoms. The summed E-state index contributed by atoms with van der Waals surface area (Å²) in [6.07, 6.45) is 3.90. The van der Waals surface area contributed by atoms with Gasteiger partial charge in [-0.25, -0.2) is 4.79 Å². The zero-order valence-electron chi connectivity index (χ0n) is 17.9. The average Bonchev–Trinajstić information content (AvgIpc) is 3.12. The van der Waals surface area contributed by atoms with Gasteiger partial charge in [0.2, 0.25) is 0 Å². The smallest absolute Gasteiger partial charge is 0.315 e. The highest BCUT2D eigenvalue weighted by molar-refractivity contribution is 5.74. The average molecular weight is 412 g/mol. The van der Waals surface area contributed by atoms with Crippen LogP contribution in [-0.2, 0) is 37.3 Å². The number of amides is 2. The van der Waals surface area contributed by atoms with Crippen LogP contribution in [0.4, 0.5) is 4.79 Å². The first kappa shape index (κ1) is 20.9. The number of hydrogen-bond donors (Lipinski definition) is 2. The molecule has 7 heteroatoms. The van der Waals surface area contributed by atoms with Gasteiger partial charge >= 0.3 is 6.03 Å². The predicted molar refractivity (Wildman–Crippen MR) is 116 cm³/mol. The lowest BCUT2D eigenvalue weighted by Crippen LogP contribution is -2.50. The number of urea groups is 1. The minimum atomic E-state index is -0.0705. The Kier molecular flexibility index (Phi) is 7.02. The van der Waals surface area contributed by atoms with Crippen LogP contribution in [-0.4, -0.2) is 53.0 Å². The summed E-state index contributed by atoms with van der Waals surface area (Å²) in [6.45, 7) is 7.87. The lowest BCUT2D eigenvalue weighted by atomic mass is 10.0. The van der Waals surface area contributed by atoms with Gasteiger partial charge in [-0.2, -0.15) is 5.10 Å². The van der Waals surface area contributed by atoms with Crippen LogP contribution in [0.5, 0.6) is 0 Å². The summed E-state index contributed by atoms with van der Waals surface area (Å²) >= 11 is 0. The number of rotatable bonds is 7. The van der Waals surface area contributed by atoms with Gasteiger partial charge in [-0.3, -0.25) is 9.58 Å². The molecule has 2 aromatic rings. The van der Waals surface area contributed by atoms with Crippen LogP contribution >= 0.6 is 0 Å². The first-order valence-electron chi connectivity index (χ1n) is 11.2. The van der Waals surface area contributed by atoms with Crippen LogP contribution in [0.1, 0.15) is 42.3 Å². The van der Waals surface area contributed by atoms with Gasteiger partial charge < -0.3 is 15.4 Å². The number of likely N-dealkylation sites (tertiary alicyclic amines) is 1. The van der Waals surface area contributed by atoms with E-state index in [9.17, 15) is 4.79 Å². The maximum atomic E-state index is 12.3. The molecule has 2 aliphatic rings. The van der Waals surface area contributed by atoms with E-state index in [-0.39, 0.29) is 12.1 Å². The van der Waals surface area contributed by atoms with E-state index >= 15 is 0 Å². The Morgan fingerprint density at radius 2 is 2.17 bits per heavy atom. The van der Waals surface area contributed by atoms with Gasteiger partial charge in [-0.1, -0.05) is 30.3 Å². The fourth-order valence-corrected chi connectivity index (χ4v) is 4.50. The topological polar surface area (TPSA) is 71.4 Å². The molecule has 1 unspecified atom stereocenters. The first-order chi connectivity index (χ1) is 14.7. The fraction of sp³-hybridized carbons (Fsp3) is 0.565. The molecule has 162 valence electrons. The van der Waals surface area contributed by atoms with Gasteiger partial charge in [0.15, 0.2) is 0 Å². The summed E-state index contributed by atoms with van der Waals surface area (Å²) in [5, 5.41) is 11.0. The van der Waals surface area contributed by atoms with Crippen molar-refractivity contribution in [2.24, 2.45) is 0 Å². The minimum absolute atomic E-state index is 0.0705. The summed E-state index contributed by atoms with van der Waals surface area (Å²) in [4.78, 5) is 14.7. The molecule has 1 atom stereocenters. The van der Waals surface area contributed by atoms with Gasteiger partial charge in [0.05, 0.1) is 18.9 Å². The second-order valence-electron chi connectivity index (χ2n) is 8.20. The maximum absolute atomic E-state index is 12.3. The van der Waals surface area contributed by atoms with Crippen LogP contribution in [0.2, 0.25) is 0 Å². The molecular formula is C23H33N5O2. The Balaban J connectivity index is 1.26. The second kappa shape index (κ2) is 10.1. The lowest BCUT2D eigenvalue weighted by molar-refractivity contribution is 0.107. The Morgan fingerprint density at radius 1 is 1.30 bits per heavy atom. The molecule has 4 rings (SSSR count). The van der Waals surface area contributed by atoms with E-state index in [0.717, 1.165) is 64.2 Å². The van der Waals surface area contributed by atoms with E-state index in [1.54, 1.807) is 0 Å². The standard InChI is InChI=1S/C23H33N5O2/c1-2-28-22-11-14-30-17-20(22)21(26-28)16-27-13-6-9-19(15-27)25-23(29)24-12-10-18-7-4-3-5-8-18/h3-5,7-8,19H,2,6,9-17H2,1H3,(H2,24,25,29). The number of aryl methyl sites for hydroxylation is 1. The van der Waals surface area contributed by atoms with Crippen LogP contribution < -0.4 is 10.6 Å². The Labute approximate surface area is 178 Å². The number of nitrogens with one attached hydrogen (secondary N) is 2. The molecule has 7 nitrogen and oxygen atoms in total. The first-order valence-corrected chi connectivity index (χ1v) is 11.2. The van der Waals surface area contributed by atoms with Crippen molar-refractivity contribution in [1.82, 2.24) is 25.3 Å². The number of aromatic nitrogens is 2. The van der Waals surface area contributed by atoms with Gasteiger partial charge in [-0.15, -0.1) is 0 Å². The summed E-state index contributed by atoms with van der Waals surface area (Å²) in [7, 11) is 0. The quantitative estimate of drug-likeness (QED) is 0.734. The molecule has 1 aromatic heterocycles. The van der Waals surface area contributed by atoms with Gasteiger partial charge in [0.25, 0.3) is 0 Å². The molecule has 1 aromatic carbocycles. The monoisotopic (exact) mass is 411 g/mol. The minimum Gasteiger partial charge on any atom is -0.376 e. The van der Waals surface area contributed by atoms with Crippen molar-refractivity contribution in [3.63, 3.8) is 0 Å². The number of ether oxygens (including phenoxy) is 1. The summed E-state index contributed by atoms with van der Waals surface area (Å²) in [5.41, 5.74) is 4.99. The van der Waals surface area contributed by atoms with Gasteiger partial charge in [0.1, 0.15) is 0 Å². The number of nitrogens with zero attached hydrogens (tertiary/aromatic N) is 3. The molecule has 30 heavy (non-hydrogen) atoms. The Hall–Kier alpha value is -2.38. The molecule has 0 radical (unpaired) electrons. The maximum Gasteiger partial charge on any atom is 0.315 e. The zero-order valence-corrected chi connectivity index (χ0v) is 17.9. The summed E-state index contributed by atoms with van der Waals surface area (Å²) < 4.78 is 7.82. The predicted octanol–water partition coefficient (Wildman–Crippen LogP) is 2.48. The number of fused-ring (bicyclic) bond motifs is 1. The number of benzene rings is 1. The summed E-state index contributed by atoms with van der Waals surface area (Å²) in [5.74, 6) is 0. The van der Waals surface area contributed by atoms with E-state index in [0.29, 0.717) is 13.2 Å². The molecule has 2 amide bonds.